The van der Waals surface area contributed by atoms with Crippen molar-refractivity contribution in [3.8, 4) is 0 Å². The van der Waals surface area contributed by atoms with Crippen molar-refractivity contribution in [2.75, 3.05) is 10.6 Å². The van der Waals surface area contributed by atoms with Gasteiger partial charge in [0.15, 0.2) is 0 Å². The summed E-state index contributed by atoms with van der Waals surface area (Å²) in [7, 11) is -3.66. The molecule has 2 aromatic carbocycles. The smallest absolute Gasteiger partial charge is 0.244 e. The zero-order valence-electron chi connectivity index (χ0n) is 19.1. The van der Waals surface area contributed by atoms with Crippen molar-refractivity contribution < 1.29 is 13.2 Å². The molecular weight excluding hydrogens is 396 g/mol. The van der Waals surface area contributed by atoms with E-state index in [1.54, 1.807) is 0 Å². The Balaban J connectivity index is 2.42. The highest BCUT2D eigenvalue weighted by Crippen LogP contribution is 2.27. The summed E-state index contributed by atoms with van der Waals surface area (Å²) in [6.45, 7) is 11.8. The molecule has 6 heteroatoms. The third-order valence-corrected chi connectivity index (χ3v) is 6.50. The number of nitrogens with one attached hydrogen (secondary N) is 1. The Kier molecular flexibility index (Phi) is 7.70. The van der Waals surface area contributed by atoms with E-state index >= 15 is 0 Å². The van der Waals surface area contributed by atoms with Crippen LogP contribution in [-0.2, 0) is 14.8 Å². The number of nitrogens with zero attached hydrogens (tertiary/aromatic N) is 1. The molecule has 2 atom stereocenters. The summed E-state index contributed by atoms with van der Waals surface area (Å²) in [6.07, 6.45) is 2.24. The van der Waals surface area contributed by atoms with Crippen LogP contribution in [0.2, 0.25) is 0 Å². The monoisotopic (exact) mass is 430 g/mol. The van der Waals surface area contributed by atoms with Crippen molar-refractivity contribution in [1.29, 1.82) is 0 Å². The van der Waals surface area contributed by atoms with E-state index in [0.717, 1.165) is 28.5 Å². The largest absolute Gasteiger partial charge is 0.347 e. The van der Waals surface area contributed by atoms with Crippen LogP contribution < -0.4 is 9.62 Å². The quantitative estimate of drug-likeness (QED) is 0.658. The lowest BCUT2D eigenvalue weighted by Crippen LogP contribution is -2.50. The molecule has 0 saturated carbocycles. The van der Waals surface area contributed by atoms with Crippen molar-refractivity contribution in [2.45, 2.75) is 66.5 Å². The average molecular weight is 431 g/mol. The summed E-state index contributed by atoms with van der Waals surface area (Å²) in [5.41, 5.74) is 5.78. The number of amides is 1. The Bertz CT molecular complexity index is 995. The van der Waals surface area contributed by atoms with Crippen LogP contribution in [0.15, 0.2) is 36.4 Å². The van der Waals surface area contributed by atoms with Gasteiger partial charge >= 0.3 is 0 Å². The molecule has 30 heavy (non-hydrogen) atoms. The highest BCUT2D eigenvalue weighted by atomic mass is 32.2. The Hall–Kier alpha value is -2.34. The molecule has 0 unspecified atom stereocenters. The third kappa shape index (κ3) is 5.63. The fourth-order valence-corrected chi connectivity index (χ4v) is 5.22. The molecule has 0 aromatic heterocycles. The van der Waals surface area contributed by atoms with Crippen LogP contribution in [0, 0.1) is 27.7 Å². The van der Waals surface area contributed by atoms with Crippen LogP contribution >= 0.6 is 0 Å². The van der Waals surface area contributed by atoms with Crippen LogP contribution in [-0.4, -0.2) is 26.6 Å². The molecule has 164 valence electrons. The molecule has 1 amide bonds. The summed E-state index contributed by atoms with van der Waals surface area (Å²) in [5.74, 6) is -0.283. The molecule has 0 radical (unpaired) electrons. The molecular formula is C24H34N2O3S. The highest BCUT2D eigenvalue weighted by Gasteiger charge is 2.32. The van der Waals surface area contributed by atoms with E-state index in [2.05, 4.69) is 11.4 Å². The van der Waals surface area contributed by atoms with E-state index in [1.165, 1.54) is 9.87 Å². The molecule has 5 nitrogen and oxygen atoms in total. The van der Waals surface area contributed by atoms with Gasteiger partial charge in [0.25, 0.3) is 0 Å². The number of sulfonamides is 1. The first-order valence-corrected chi connectivity index (χ1v) is 12.3. The molecule has 2 aromatic rings. The Morgan fingerprint density at radius 1 is 0.933 bits per heavy atom. The second kappa shape index (κ2) is 9.65. The molecule has 0 aliphatic carbocycles. The molecule has 0 bridgehead atoms. The SMILES string of the molecule is CC[C@@H](NC(=O)[C@H](CC)N(c1cc(C)cc(C)c1)S(C)(=O)=O)c1ccc(C)cc1C. The molecule has 0 spiro atoms. The van der Waals surface area contributed by atoms with E-state index in [-0.39, 0.29) is 11.9 Å². The van der Waals surface area contributed by atoms with Gasteiger partial charge in [-0.05, 0) is 74.9 Å². The van der Waals surface area contributed by atoms with Crippen LogP contribution in [0.1, 0.15) is 60.5 Å². The van der Waals surface area contributed by atoms with Crippen molar-refractivity contribution in [1.82, 2.24) is 5.32 Å². The number of hydrogen-bond acceptors (Lipinski definition) is 3. The van der Waals surface area contributed by atoms with Crippen LogP contribution in [0.3, 0.4) is 0 Å². The zero-order chi connectivity index (χ0) is 22.6. The van der Waals surface area contributed by atoms with Crippen LogP contribution in [0.5, 0.6) is 0 Å². The second-order valence-electron chi connectivity index (χ2n) is 8.16. The number of hydrogen-bond donors (Lipinski definition) is 1. The van der Waals surface area contributed by atoms with Gasteiger partial charge in [0.1, 0.15) is 6.04 Å². The van der Waals surface area contributed by atoms with Crippen molar-refractivity contribution in [3.63, 3.8) is 0 Å². The minimum absolute atomic E-state index is 0.173. The van der Waals surface area contributed by atoms with Crippen molar-refractivity contribution in [3.05, 3.63) is 64.2 Å². The summed E-state index contributed by atoms with van der Waals surface area (Å²) in [6, 6.07) is 10.8. The lowest BCUT2D eigenvalue weighted by atomic mass is 9.97. The zero-order valence-corrected chi connectivity index (χ0v) is 19.9. The predicted octanol–water partition coefficient (Wildman–Crippen LogP) is 4.73. The first kappa shape index (κ1) is 23.9. The van der Waals surface area contributed by atoms with Gasteiger partial charge in [0, 0.05) is 0 Å². The maximum Gasteiger partial charge on any atom is 0.244 e. The van der Waals surface area contributed by atoms with E-state index in [1.807, 2.05) is 71.9 Å². The summed E-state index contributed by atoms with van der Waals surface area (Å²) >= 11 is 0. The first-order chi connectivity index (χ1) is 14.0. The standard InChI is InChI=1S/C24H34N2O3S/c1-8-22(21-11-10-16(3)13-19(21)6)25-24(27)23(9-2)26(30(7,28)29)20-14-17(4)12-18(5)15-20/h10-15,22-23H,8-9H2,1-7H3,(H,25,27)/t22-,23+/m1/s1. The van der Waals surface area contributed by atoms with Gasteiger partial charge in [-0.3, -0.25) is 9.10 Å². The number of rotatable bonds is 8. The maximum atomic E-state index is 13.3. The normalized spacial score (nSPS) is 13.6. The van der Waals surface area contributed by atoms with Gasteiger partial charge < -0.3 is 5.32 Å². The number of carbonyl (C=O) groups is 1. The first-order valence-electron chi connectivity index (χ1n) is 10.4. The van der Waals surface area contributed by atoms with Gasteiger partial charge in [0.05, 0.1) is 18.0 Å². The minimum atomic E-state index is -3.66. The summed E-state index contributed by atoms with van der Waals surface area (Å²) in [4.78, 5) is 13.3. The molecule has 0 saturated heterocycles. The van der Waals surface area contributed by atoms with Crippen molar-refractivity contribution >= 4 is 21.6 Å². The van der Waals surface area contributed by atoms with Crippen LogP contribution in [0.25, 0.3) is 0 Å². The van der Waals surface area contributed by atoms with Crippen molar-refractivity contribution in [2.24, 2.45) is 0 Å². The van der Waals surface area contributed by atoms with Gasteiger partial charge in [-0.15, -0.1) is 0 Å². The van der Waals surface area contributed by atoms with E-state index in [4.69, 9.17) is 0 Å². The highest BCUT2D eigenvalue weighted by molar-refractivity contribution is 7.92. The summed E-state index contributed by atoms with van der Waals surface area (Å²) in [5, 5.41) is 3.10. The Morgan fingerprint density at radius 2 is 1.53 bits per heavy atom. The number of anilines is 1. The molecule has 0 aliphatic rings. The van der Waals surface area contributed by atoms with Gasteiger partial charge in [-0.25, -0.2) is 8.42 Å². The topological polar surface area (TPSA) is 66.5 Å². The lowest BCUT2D eigenvalue weighted by Gasteiger charge is -2.32. The maximum absolute atomic E-state index is 13.3. The second-order valence-corrected chi connectivity index (χ2v) is 10.0. The van der Waals surface area contributed by atoms with Crippen LogP contribution in [0.4, 0.5) is 5.69 Å². The van der Waals surface area contributed by atoms with E-state index < -0.39 is 16.1 Å². The molecule has 0 heterocycles. The van der Waals surface area contributed by atoms with Gasteiger partial charge in [0.2, 0.25) is 15.9 Å². The lowest BCUT2D eigenvalue weighted by molar-refractivity contribution is -0.123. The summed E-state index contributed by atoms with van der Waals surface area (Å²) < 4.78 is 26.7. The van der Waals surface area contributed by atoms with E-state index in [9.17, 15) is 13.2 Å². The minimum Gasteiger partial charge on any atom is -0.347 e. The molecule has 1 N–H and O–H groups in total. The third-order valence-electron chi connectivity index (χ3n) is 5.32. The Morgan fingerprint density at radius 3 is 2.00 bits per heavy atom. The van der Waals surface area contributed by atoms with Gasteiger partial charge in [-0.1, -0.05) is 43.7 Å². The van der Waals surface area contributed by atoms with E-state index in [0.29, 0.717) is 18.5 Å². The fourth-order valence-electron chi connectivity index (χ4n) is 4.02. The number of carbonyl (C=O) groups excluding carboxylic acids is 1. The predicted molar refractivity (Wildman–Crippen MR) is 124 cm³/mol. The Labute approximate surface area is 181 Å². The fraction of sp³-hybridized carbons (Fsp3) is 0.458. The average Bonchev–Trinajstić information content (AvgIpc) is 2.62. The number of aryl methyl sites for hydroxylation is 4. The van der Waals surface area contributed by atoms with Gasteiger partial charge in [-0.2, -0.15) is 0 Å². The molecule has 2 rings (SSSR count). The molecule has 0 aliphatic heterocycles. The number of benzene rings is 2. The molecule has 0 fully saturated rings.